The van der Waals surface area contributed by atoms with Gasteiger partial charge >= 0.3 is 0 Å². The van der Waals surface area contributed by atoms with Crippen LogP contribution in [0.4, 0.5) is 0 Å². The van der Waals surface area contributed by atoms with E-state index < -0.39 is 6.04 Å². The van der Waals surface area contributed by atoms with Gasteiger partial charge in [-0.2, -0.15) is 0 Å². The lowest BCUT2D eigenvalue weighted by Crippen LogP contribution is -2.49. The van der Waals surface area contributed by atoms with Crippen LogP contribution in [0.25, 0.3) is 0 Å². The molecule has 2 aromatic rings. The van der Waals surface area contributed by atoms with E-state index in [4.69, 9.17) is 11.6 Å². The maximum atomic E-state index is 12.7. The summed E-state index contributed by atoms with van der Waals surface area (Å²) in [6, 6.07) is 16.8. The van der Waals surface area contributed by atoms with Crippen LogP contribution in [-0.2, 0) is 22.6 Å². The number of benzene rings is 2. The van der Waals surface area contributed by atoms with Crippen molar-refractivity contribution in [2.75, 3.05) is 6.54 Å². The van der Waals surface area contributed by atoms with E-state index >= 15 is 0 Å². The topological polar surface area (TPSA) is 49.4 Å². The first-order chi connectivity index (χ1) is 12.9. The molecule has 0 bridgehead atoms. The van der Waals surface area contributed by atoms with Gasteiger partial charge in [-0.3, -0.25) is 9.59 Å². The molecule has 0 aliphatic heterocycles. The van der Waals surface area contributed by atoms with Gasteiger partial charge in [-0.25, -0.2) is 0 Å². The average molecular weight is 387 g/mol. The summed E-state index contributed by atoms with van der Waals surface area (Å²) in [6.45, 7) is 6.38. The van der Waals surface area contributed by atoms with Crippen molar-refractivity contribution in [3.8, 4) is 0 Å². The molecule has 4 nitrogen and oxygen atoms in total. The number of hydrogen-bond donors (Lipinski definition) is 1. The highest BCUT2D eigenvalue weighted by molar-refractivity contribution is 6.30. The molecular weight excluding hydrogens is 360 g/mol. The van der Waals surface area contributed by atoms with Crippen molar-refractivity contribution < 1.29 is 9.59 Å². The third-order valence-electron chi connectivity index (χ3n) is 4.45. The molecule has 0 saturated heterocycles. The third kappa shape index (κ3) is 6.40. The minimum atomic E-state index is -0.550. The van der Waals surface area contributed by atoms with Gasteiger partial charge in [-0.1, -0.05) is 67.9 Å². The molecule has 0 saturated carbocycles. The summed E-state index contributed by atoms with van der Waals surface area (Å²) in [5.41, 5.74) is 2.11. The lowest BCUT2D eigenvalue weighted by Gasteiger charge is -2.30. The molecule has 0 aliphatic carbocycles. The molecular formula is C22H27ClN2O2. The van der Waals surface area contributed by atoms with Gasteiger partial charge in [0, 0.05) is 24.0 Å². The second-order valence-corrected chi connectivity index (χ2v) is 7.39. The Morgan fingerprint density at radius 3 is 2.19 bits per heavy atom. The standard InChI is InChI=1S/C22H27ClN2O2/c1-16(2)22(27)25(15-19-9-11-20(23)12-10-19)17(3)21(26)24-14-13-18-7-5-4-6-8-18/h4-12,16-17H,13-15H2,1-3H3,(H,24,26). The first-order valence-corrected chi connectivity index (χ1v) is 9.63. The van der Waals surface area contributed by atoms with Crippen molar-refractivity contribution in [3.05, 3.63) is 70.7 Å². The minimum absolute atomic E-state index is 0.0457. The number of carbonyl (C=O) groups is 2. The number of nitrogens with zero attached hydrogens (tertiary/aromatic N) is 1. The highest BCUT2D eigenvalue weighted by Gasteiger charge is 2.27. The maximum absolute atomic E-state index is 12.7. The van der Waals surface area contributed by atoms with Gasteiger partial charge in [0.25, 0.3) is 0 Å². The fourth-order valence-corrected chi connectivity index (χ4v) is 2.91. The monoisotopic (exact) mass is 386 g/mol. The lowest BCUT2D eigenvalue weighted by molar-refractivity contribution is -0.143. The molecule has 0 aromatic heterocycles. The summed E-state index contributed by atoms with van der Waals surface area (Å²) < 4.78 is 0. The van der Waals surface area contributed by atoms with Crippen molar-refractivity contribution in [2.24, 2.45) is 5.92 Å². The summed E-state index contributed by atoms with van der Waals surface area (Å²) in [5.74, 6) is -0.374. The first-order valence-electron chi connectivity index (χ1n) is 9.25. The quantitative estimate of drug-likeness (QED) is 0.743. The van der Waals surface area contributed by atoms with Crippen molar-refractivity contribution in [2.45, 2.75) is 39.8 Å². The zero-order valence-corrected chi connectivity index (χ0v) is 16.9. The Morgan fingerprint density at radius 1 is 0.963 bits per heavy atom. The van der Waals surface area contributed by atoms with Gasteiger partial charge < -0.3 is 10.2 Å². The van der Waals surface area contributed by atoms with Crippen LogP contribution in [0.2, 0.25) is 5.02 Å². The molecule has 1 atom stereocenters. The van der Waals surface area contributed by atoms with E-state index in [0.717, 1.165) is 12.0 Å². The zero-order valence-electron chi connectivity index (χ0n) is 16.1. The Morgan fingerprint density at radius 2 is 1.59 bits per heavy atom. The number of amides is 2. The average Bonchev–Trinajstić information content (AvgIpc) is 2.67. The summed E-state index contributed by atoms with van der Waals surface area (Å²) in [4.78, 5) is 26.9. The third-order valence-corrected chi connectivity index (χ3v) is 4.70. The van der Waals surface area contributed by atoms with Crippen LogP contribution in [0.15, 0.2) is 54.6 Å². The summed E-state index contributed by atoms with van der Waals surface area (Å²) in [7, 11) is 0. The van der Waals surface area contributed by atoms with Crippen LogP contribution in [0.5, 0.6) is 0 Å². The molecule has 5 heteroatoms. The van der Waals surface area contributed by atoms with Crippen molar-refractivity contribution in [3.63, 3.8) is 0 Å². The molecule has 0 spiro atoms. The lowest BCUT2D eigenvalue weighted by atomic mass is 10.1. The predicted octanol–water partition coefficient (Wildman–Crippen LogP) is 4.07. The van der Waals surface area contributed by atoms with Gasteiger partial charge in [0.1, 0.15) is 6.04 Å². The Labute approximate surface area is 166 Å². The highest BCUT2D eigenvalue weighted by Crippen LogP contribution is 2.15. The number of carbonyl (C=O) groups excluding carboxylic acids is 2. The van der Waals surface area contributed by atoms with Crippen molar-refractivity contribution >= 4 is 23.4 Å². The number of rotatable bonds is 8. The van der Waals surface area contributed by atoms with Gasteiger partial charge in [-0.05, 0) is 36.6 Å². The second kappa shape index (κ2) is 10.1. The molecule has 0 fully saturated rings. The SMILES string of the molecule is CC(C)C(=O)N(Cc1ccc(Cl)cc1)C(C)C(=O)NCCc1ccccc1. The van der Waals surface area contributed by atoms with E-state index in [1.165, 1.54) is 5.56 Å². The molecule has 1 unspecified atom stereocenters. The van der Waals surface area contributed by atoms with Gasteiger partial charge in [0.05, 0.1) is 0 Å². The van der Waals surface area contributed by atoms with Crippen molar-refractivity contribution in [1.29, 1.82) is 0 Å². The van der Waals surface area contributed by atoms with E-state index in [2.05, 4.69) is 5.32 Å². The molecule has 0 heterocycles. The van der Waals surface area contributed by atoms with Crippen LogP contribution in [0.1, 0.15) is 31.9 Å². The van der Waals surface area contributed by atoms with E-state index in [1.807, 2.05) is 56.3 Å². The smallest absolute Gasteiger partial charge is 0.242 e. The molecule has 1 N–H and O–H groups in total. The van der Waals surface area contributed by atoms with Crippen LogP contribution < -0.4 is 5.32 Å². The Balaban J connectivity index is 2.00. The van der Waals surface area contributed by atoms with Gasteiger partial charge in [-0.15, -0.1) is 0 Å². The normalized spacial score (nSPS) is 11.9. The largest absolute Gasteiger partial charge is 0.354 e. The summed E-state index contributed by atoms with van der Waals surface area (Å²) in [5, 5.41) is 3.59. The van der Waals surface area contributed by atoms with Crippen molar-refractivity contribution in [1.82, 2.24) is 10.2 Å². The summed E-state index contributed by atoms with van der Waals surface area (Å²) in [6.07, 6.45) is 0.759. The van der Waals surface area contributed by atoms with E-state index in [9.17, 15) is 9.59 Å². The molecule has 27 heavy (non-hydrogen) atoms. The Kier molecular flexibility index (Phi) is 7.86. The van der Waals surface area contributed by atoms with Gasteiger partial charge in [0.2, 0.25) is 11.8 Å². The maximum Gasteiger partial charge on any atom is 0.242 e. The number of hydrogen-bond acceptors (Lipinski definition) is 2. The Hall–Kier alpha value is -2.33. The van der Waals surface area contributed by atoms with Gasteiger partial charge in [0.15, 0.2) is 0 Å². The zero-order chi connectivity index (χ0) is 19.8. The molecule has 2 rings (SSSR count). The summed E-state index contributed by atoms with van der Waals surface area (Å²) >= 11 is 5.94. The second-order valence-electron chi connectivity index (χ2n) is 6.95. The molecule has 0 aliphatic rings. The van der Waals surface area contributed by atoms with E-state index in [0.29, 0.717) is 18.1 Å². The predicted molar refractivity (Wildman–Crippen MR) is 109 cm³/mol. The minimum Gasteiger partial charge on any atom is -0.354 e. The van der Waals surface area contributed by atoms with Crippen LogP contribution >= 0.6 is 11.6 Å². The number of nitrogens with one attached hydrogen (secondary N) is 1. The molecule has 144 valence electrons. The first kappa shape index (κ1) is 21.0. The van der Waals surface area contributed by atoms with E-state index in [1.54, 1.807) is 24.0 Å². The van der Waals surface area contributed by atoms with Crippen LogP contribution in [-0.4, -0.2) is 29.3 Å². The molecule has 2 aromatic carbocycles. The molecule has 2 amide bonds. The Bertz CT molecular complexity index is 745. The van der Waals surface area contributed by atoms with Crippen LogP contribution in [0.3, 0.4) is 0 Å². The van der Waals surface area contributed by atoms with Crippen LogP contribution in [0, 0.1) is 5.92 Å². The molecule has 0 radical (unpaired) electrons. The van der Waals surface area contributed by atoms with E-state index in [-0.39, 0.29) is 17.7 Å². The fourth-order valence-electron chi connectivity index (χ4n) is 2.79. The number of halogens is 1. The highest BCUT2D eigenvalue weighted by atomic mass is 35.5. The fraction of sp³-hybridized carbons (Fsp3) is 0.364.